The van der Waals surface area contributed by atoms with Gasteiger partial charge >= 0.3 is 0 Å². The van der Waals surface area contributed by atoms with E-state index in [-0.39, 0.29) is 0 Å². The molecule has 2 nitrogen and oxygen atoms in total. The molecular formula is C9H7ClN2S. The Morgan fingerprint density at radius 1 is 1.31 bits per heavy atom. The molecular weight excluding hydrogens is 204 g/mol. The highest BCUT2D eigenvalue weighted by Crippen LogP contribution is 2.32. The van der Waals surface area contributed by atoms with Crippen molar-refractivity contribution in [3.8, 4) is 10.4 Å². The van der Waals surface area contributed by atoms with Crippen LogP contribution in [0.15, 0.2) is 29.8 Å². The maximum Gasteiger partial charge on any atom is 0.123 e. The van der Waals surface area contributed by atoms with E-state index in [1.807, 2.05) is 17.5 Å². The molecule has 2 N–H and O–H groups in total. The van der Waals surface area contributed by atoms with Crippen LogP contribution in [0, 0.1) is 0 Å². The monoisotopic (exact) mass is 210 g/mol. The molecule has 0 spiro atoms. The number of pyridine rings is 1. The average molecular weight is 211 g/mol. The van der Waals surface area contributed by atoms with Crippen LogP contribution < -0.4 is 5.73 Å². The molecule has 2 aromatic rings. The molecule has 4 heteroatoms. The van der Waals surface area contributed by atoms with Crippen LogP contribution in [0.5, 0.6) is 0 Å². The molecule has 0 radical (unpaired) electrons. The second kappa shape index (κ2) is 3.36. The summed E-state index contributed by atoms with van der Waals surface area (Å²) >= 11 is 7.56. The Hall–Kier alpha value is -1.06. The molecule has 0 unspecified atom stereocenters. The summed E-state index contributed by atoms with van der Waals surface area (Å²) in [6.07, 6.45) is 1.73. The first-order valence-electron chi connectivity index (χ1n) is 3.72. The number of nitrogens with zero attached hydrogens (tertiary/aromatic N) is 1. The largest absolute Gasteiger partial charge is 0.384 e. The highest BCUT2D eigenvalue weighted by molar-refractivity contribution is 7.14. The van der Waals surface area contributed by atoms with Crippen molar-refractivity contribution in [2.45, 2.75) is 0 Å². The zero-order chi connectivity index (χ0) is 9.26. The summed E-state index contributed by atoms with van der Waals surface area (Å²) in [5.41, 5.74) is 6.49. The molecule has 0 aliphatic rings. The number of nitrogens with two attached hydrogens (primary N) is 1. The summed E-state index contributed by atoms with van der Waals surface area (Å²) in [5, 5.41) is 2.71. The number of hydrogen-bond donors (Lipinski definition) is 1. The lowest BCUT2D eigenvalue weighted by Crippen LogP contribution is -1.87. The maximum atomic E-state index is 5.97. The minimum Gasteiger partial charge on any atom is -0.384 e. The molecule has 2 heterocycles. The van der Waals surface area contributed by atoms with Crippen molar-refractivity contribution < 1.29 is 0 Å². The maximum absolute atomic E-state index is 5.97. The van der Waals surface area contributed by atoms with E-state index in [2.05, 4.69) is 4.98 Å². The fourth-order valence-corrected chi connectivity index (χ4v) is 2.20. The number of halogens is 1. The van der Waals surface area contributed by atoms with Crippen molar-refractivity contribution >= 4 is 28.8 Å². The first kappa shape index (κ1) is 8.53. The molecule has 0 aromatic carbocycles. The summed E-state index contributed by atoms with van der Waals surface area (Å²) in [7, 11) is 0. The number of hydrogen-bond acceptors (Lipinski definition) is 3. The minimum atomic E-state index is 0.524. The van der Waals surface area contributed by atoms with Crippen LogP contribution in [-0.4, -0.2) is 4.98 Å². The van der Waals surface area contributed by atoms with E-state index in [0.717, 1.165) is 15.5 Å². The number of nitrogen functional groups attached to an aromatic ring is 1. The van der Waals surface area contributed by atoms with Crippen LogP contribution in [0.25, 0.3) is 10.4 Å². The number of anilines is 1. The van der Waals surface area contributed by atoms with Gasteiger partial charge in [-0.1, -0.05) is 11.6 Å². The lowest BCUT2D eigenvalue weighted by molar-refractivity contribution is 1.34. The van der Waals surface area contributed by atoms with Gasteiger partial charge in [0.1, 0.15) is 5.82 Å². The van der Waals surface area contributed by atoms with E-state index in [4.69, 9.17) is 17.3 Å². The van der Waals surface area contributed by atoms with E-state index in [9.17, 15) is 0 Å². The van der Waals surface area contributed by atoms with E-state index in [1.54, 1.807) is 23.6 Å². The Kier molecular flexibility index (Phi) is 2.20. The van der Waals surface area contributed by atoms with E-state index in [0.29, 0.717) is 5.82 Å². The van der Waals surface area contributed by atoms with Crippen molar-refractivity contribution in [2.75, 3.05) is 5.73 Å². The second-order valence-electron chi connectivity index (χ2n) is 2.57. The van der Waals surface area contributed by atoms with Crippen molar-refractivity contribution in [1.29, 1.82) is 0 Å². The molecule has 2 rings (SSSR count). The van der Waals surface area contributed by atoms with Crippen molar-refractivity contribution in [1.82, 2.24) is 4.98 Å². The van der Waals surface area contributed by atoms with Crippen LogP contribution in [0.1, 0.15) is 0 Å². The summed E-state index contributed by atoms with van der Waals surface area (Å²) in [5.74, 6) is 0.524. The third-order valence-corrected chi connectivity index (χ3v) is 3.06. The minimum absolute atomic E-state index is 0.524. The smallest absolute Gasteiger partial charge is 0.123 e. The molecule has 0 amide bonds. The quantitative estimate of drug-likeness (QED) is 0.786. The fraction of sp³-hybridized carbons (Fsp3) is 0. The standard InChI is InChI=1S/C9H7ClN2S/c10-7-3-4-13-9(7)6-1-2-8(11)12-5-6/h1-5H,(H2,11,12). The second-order valence-corrected chi connectivity index (χ2v) is 3.89. The van der Waals surface area contributed by atoms with Crippen molar-refractivity contribution in [3.63, 3.8) is 0 Å². The van der Waals surface area contributed by atoms with Gasteiger partial charge in [0.2, 0.25) is 0 Å². The number of aromatic nitrogens is 1. The van der Waals surface area contributed by atoms with E-state index >= 15 is 0 Å². The van der Waals surface area contributed by atoms with Gasteiger partial charge in [-0.05, 0) is 23.6 Å². The van der Waals surface area contributed by atoms with Crippen LogP contribution in [0.3, 0.4) is 0 Å². The molecule has 2 aromatic heterocycles. The predicted molar refractivity (Wildman–Crippen MR) is 57.0 cm³/mol. The summed E-state index contributed by atoms with van der Waals surface area (Å²) in [6.45, 7) is 0. The summed E-state index contributed by atoms with van der Waals surface area (Å²) in [4.78, 5) is 5.04. The average Bonchev–Trinajstić information content (AvgIpc) is 2.53. The molecule has 0 saturated carbocycles. The SMILES string of the molecule is Nc1ccc(-c2sccc2Cl)cn1. The van der Waals surface area contributed by atoms with Crippen LogP contribution in [0.4, 0.5) is 5.82 Å². The van der Waals surface area contributed by atoms with Gasteiger partial charge in [-0.2, -0.15) is 0 Å². The summed E-state index contributed by atoms with van der Waals surface area (Å²) in [6, 6.07) is 5.56. The third-order valence-electron chi connectivity index (χ3n) is 1.67. The first-order chi connectivity index (χ1) is 6.27. The number of rotatable bonds is 1. The molecule has 13 heavy (non-hydrogen) atoms. The van der Waals surface area contributed by atoms with E-state index in [1.165, 1.54) is 0 Å². The molecule has 0 bridgehead atoms. The highest BCUT2D eigenvalue weighted by atomic mass is 35.5. The van der Waals surface area contributed by atoms with E-state index < -0.39 is 0 Å². The van der Waals surface area contributed by atoms with Crippen LogP contribution in [0.2, 0.25) is 5.02 Å². The van der Waals surface area contributed by atoms with Gasteiger partial charge in [0.25, 0.3) is 0 Å². The van der Waals surface area contributed by atoms with Gasteiger partial charge in [0, 0.05) is 11.8 Å². The fourth-order valence-electron chi connectivity index (χ4n) is 1.04. The molecule has 0 saturated heterocycles. The molecule has 0 atom stereocenters. The zero-order valence-corrected chi connectivity index (χ0v) is 8.27. The molecule has 0 aliphatic heterocycles. The zero-order valence-electron chi connectivity index (χ0n) is 6.70. The Balaban J connectivity index is 2.47. The Morgan fingerprint density at radius 2 is 2.15 bits per heavy atom. The topological polar surface area (TPSA) is 38.9 Å². The van der Waals surface area contributed by atoms with Gasteiger partial charge in [0.15, 0.2) is 0 Å². The lowest BCUT2D eigenvalue weighted by Gasteiger charge is -1.97. The number of thiophene rings is 1. The normalized spacial score (nSPS) is 10.2. The summed E-state index contributed by atoms with van der Waals surface area (Å²) < 4.78 is 0. The molecule has 0 aliphatic carbocycles. The van der Waals surface area contributed by atoms with Crippen molar-refractivity contribution in [2.24, 2.45) is 0 Å². The van der Waals surface area contributed by atoms with Gasteiger partial charge in [-0.25, -0.2) is 4.98 Å². The Bertz CT molecular complexity index is 408. The van der Waals surface area contributed by atoms with Crippen molar-refractivity contribution in [3.05, 3.63) is 34.8 Å². The van der Waals surface area contributed by atoms with Crippen LogP contribution in [-0.2, 0) is 0 Å². The highest BCUT2D eigenvalue weighted by Gasteiger charge is 2.04. The third kappa shape index (κ3) is 1.66. The predicted octanol–water partition coefficient (Wildman–Crippen LogP) is 3.05. The van der Waals surface area contributed by atoms with Gasteiger partial charge in [-0.15, -0.1) is 11.3 Å². The van der Waals surface area contributed by atoms with Gasteiger partial charge in [0.05, 0.1) is 9.90 Å². The Labute approximate surface area is 85.0 Å². The molecule has 0 fully saturated rings. The van der Waals surface area contributed by atoms with Gasteiger partial charge < -0.3 is 5.73 Å². The lowest BCUT2D eigenvalue weighted by atomic mass is 10.2. The molecule has 66 valence electrons. The van der Waals surface area contributed by atoms with Crippen LogP contribution >= 0.6 is 22.9 Å². The van der Waals surface area contributed by atoms with Gasteiger partial charge in [-0.3, -0.25) is 0 Å². The first-order valence-corrected chi connectivity index (χ1v) is 4.98. The Morgan fingerprint density at radius 3 is 2.69 bits per heavy atom.